The first-order valence-corrected chi connectivity index (χ1v) is 7.85. The number of rotatable bonds is 4. The first-order chi connectivity index (χ1) is 12.6. The van der Waals surface area contributed by atoms with Gasteiger partial charge in [-0.3, -0.25) is 10.1 Å². The summed E-state index contributed by atoms with van der Waals surface area (Å²) >= 11 is 0. The summed E-state index contributed by atoms with van der Waals surface area (Å²) in [6.45, 7) is 0.408. The Kier molecular flexibility index (Phi) is 3.71. The Bertz CT molecular complexity index is 1160. The van der Waals surface area contributed by atoms with E-state index in [0.29, 0.717) is 28.8 Å². The van der Waals surface area contributed by atoms with Crippen LogP contribution in [-0.4, -0.2) is 9.91 Å². The lowest BCUT2D eigenvalue weighted by molar-refractivity contribution is -0.384. The van der Waals surface area contributed by atoms with Crippen LogP contribution in [0.1, 0.15) is 11.3 Å². The average Bonchev–Trinajstić information content (AvgIpc) is 3.08. The van der Waals surface area contributed by atoms with Crippen LogP contribution in [0, 0.1) is 21.4 Å². The number of nitro benzene ring substituents is 1. The second kappa shape index (κ2) is 6.18. The lowest BCUT2D eigenvalue weighted by Gasteiger charge is -2.07. The number of nitrogens with zero attached hydrogens (tertiary/aromatic N) is 3. The van der Waals surface area contributed by atoms with E-state index in [0.717, 1.165) is 16.7 Å². The minimum absolute atomic E-state index is 0.0706. The first-order valence-electron chi connectivity index (χ1n) is 7.85. The number of hydrogen-bond donors (Lipinski definition) is 1. The van der Waals surface area contributed by atoms with E-state index in [9.17, 15) is 15.4 Å². The second-order valence-corrected chi connectivity index (χ2v) is 5.73. The minimum Gasteiger partial charge on any atom is -0.459 e. The molecule has 126 valence electrons. The van der Waals surface area contributed by atoms with Crippen molar-refractivity contribution in [3.63, 3.8) is 0 Å². The Balaban J connectivity index is 1.65. The largest absolute Gasteiger partial charge is 0.459 e. The monoisotopic (exact) mass is 344 g/mol. The number of fused-ring (bicyclic) bond motifs is 2. The van der Waals surface area contributed by atoms with Crippen LogP contribution in [0.3, 0.4) is 0 Å². The number of nitro groups is 1. The number of para-hydroxylation sites is 1. The number of hydrogen-bond acceptors (Lipinski definition) is 6. The average molecular weight is 344 g/mol. The molecule has 7 nitrogen and oxygen atoms in total. The fourth-order valence-electron chi connectivity index (χ4n) is 2.81. The third kappa shape index (κ3) is 2.80. The van der Waals surface area contributed by atoms with Crippen molar-refractivity contribution in [2.45, 2.75) is 6.54 Å². The molecule has 0 unspecified atom stereocenters. The summed E-state index contributed by atoms with van der Waals surface area (Å²) < 4.78 is 5.75. The predicted octanol–water partition coefficient (Wildman–Crippen LogP) is 4.37. The quantitative estimate of drug-likeness (QED) is 0.435. The third-order valence-electron chi connectivity index (χ3n) is 4.04. The van der Waals surface area contributed by atoms with E-state index in [4.69, 9.17) is 4.42 Å². The predicted molar refractivity (Wildman–Crippen MR) is 96.7 cm³/mol. The van der Waals surface area contributed by atoms with Gasteiger partial charge in [-0.05, 0) is 24.3 Å². The molecule has 4 aromatic rings. The maximum Gasteiger partial charge on any atom is 0.270 e. The molecule has 26 heavy (non-hydrogen) atoms. The summed E-state index contributed by atoms with van der Waals surface area (Å²) in [6.07, 6.45) is 0. The zero-order valence-electron chi connectivity index (χ0n) is 13.5. The molecule has 0 saturated carbocycles. The van der Waals surface area contributed by atoms with E-state index >= 15 is 0 Å². The highest BCUT2D eigenvalue weighted by molar-refractivity contribution is 5.88. The lowest BCUT2D eigenvalue weighted by Crippen LogP contribution is -2.01. The molecule has 0 saturated heterocycles. The molecule has 4 rings (SSSR count). The van der Waals surface area contributed by atoms with Gasteiger partial charge in [0.05, 0.1) is 28.6 Å². The van der Waals surface area contributed by atoms with Gasteiger partial charge >= 0.3 is 0 Å². The molecule has 0 atom stereocenters. The van der Waals surface area contributed by atoms with Crippen LogP contribution in [-0.2, 0) is 6.54 Å². The lowest BCUT2D eigenvalue weighted by atomic mass is 10.1. The second-order valence-electron chi connectivity index (χ2n) is 5.73. The van der Waals surface area contributed by atoms with Gasteiger partial charge in [-0.25, -0.2) is 4.98 Å². The highest BCUT2D eigenvalue weighted by atomic mass is 16.6. The molecule has 0 radical (unpaired) electrons. The van der Waals surface area contributed by atoms with E-state index in [1.807, 2.05) is 30.3 Å². The van der Waals surface area contributed by atoms with Gasteiger partial charge < -0.3 is 9.73 Å². The van der Waals surface area contributed by atoms with E-state index in [1.165, 1.54) is 12.1 Å². The number of nitrogens with one attached hydrogen (secondary N) is 1. The number of anilines is 1. The summed E-state index contributed by atoms with van der Waals surface area (Å²) in [7, 11) is 0. The molecule has 0 spiro atoms. The SMILES string of the molecule is N#Cc1cc(NCc2cc3ccccc3o2)nc2ccc([N+](=O)[O-])cc12. The molecular weight excluding hydrogens is 332 g/mol. The van der Waals surface area contributed by atoms with Crippen LogP contribution in [0.5, 0.6) is 0 Å². The van der Waals surface area contributed by atoms with Crippen molar-refractivity contribution in [2.75, 3.05) is 5.32 Å². The van der Waals surface area contributed by atoms with Gasteiger partial charge in [0.1, 0.15) is 17.2 Å². The van der Waals surface area contributed by atoms with Gasteiger partial charge in [0.25, 0.3) is 5.69 Å². The summed E-state index contributed by atoms with van der Waals surface area (Å²) in [5.41, 5.74) is 1.58. The number of benzene rings is 2. The third-order valence-corrected chi connectivity index (χ3v) is 4.04. The molecule has 1 N–H and O–H groups in total. The molecule has 2 aromatic heterocycles. The van der Waals surface area contributed by atoms with Crippen LogP contribution in [0.25, 0.3) is 21.9 Å². The van der Waals surface area contributed by atoms with Crippen molar-refractivity contribution < 1.29 is 9.34 Å². The van der Waals surface area contributed by atoms with Crippen molar-refractivity contribution in [1.82, 2.24) is 4.98 Å². The fraction of sp³-hybridized carbons (Fsp3) is 0.0526. The maximum absolute atomic E-state index is 10.9. The zero-order valence-corrected chi connectivity index (χ0v) is 13.5. The fourth-order valence-corrected chi connectivity index (χ4v) is 2.81. The van der Waals surface area contributed by atoms with Crippen LogP contribution in [0.15, 0.2) is 59.0 Å². The normalized spacial score (nSPS) is 10.7. The van der Waals surface area contributed by atoms with Gasteiger partial charge in [0.15, 0.2) is 0 Å². The molecule has 7 heteroatoms. The summed E-state index contributed by atoms with van der Waals surface area (Å²) in [6, 6.07) is 17.6. The van der Waals surface area contributed by atoms with Gasteiger partial charge in [-0.15, -0.1) is 0 Å². The number of nitriles is 1. The van der Waals surface area contributed by atoms with Crippen molar-refractivity contribution in [3.05, 3.63) is 76.0 Å². The maximum atomic E-state index is 10.9. The van der Waals surface area contributed by atoms with Crippen LogP contribution in [0.2, 0.25) is 0 Å². The molecule has 0 bridgehead atoms. The highest BCUT2D eigenvalue weighted by Gasteiger charge is 2.12. The highest BCUT2D eigenvalue weighted by Crippen LogP contribution is 2.25. The molecule has 0 amide bonds. The number of aromatic nitrogens is 1. The molecule has 0 aliphatic rings. The smallest absolute Gasteiger partial charge is 0.270 e. The first kappa shape index (κ1) is 15.6. The number of furan rings is 1. The molecule has 2 aromatic carbocycles. The summed E-state index contributed by atoms with van der Waals surface area (Å²) in [5, 5.41) is 24.9. The van der Waals surface area contributed by atoms with Gasteiger partial charge in [0, 0.05) is 22.9 Å². The molecular formula is C19H12N4O3. The van der Waals surface area contributed by atoms with E-state index in [2.05, 4.69) is 16.4 Å². The van der Waals surface area contributed by atoms with Gasteiger partial charge in [-0.1, -0.05) is 18.2 Å². The van der Waals surface area contributed by atoms with Gasteiger partial charge in [0.2, 0.25) is 0 Å². The van der Waals surface area contributed by atoms with Crippen LogP contribution >= 0.6 is 0 Å². The molecule has 0 fully saturated rings. The van der Waals surface area contributed by atoms with E-state index in [1.54, 1.807) is 12.1 Å². The summed E-state index contributed by atoms with van der Waals surface area (Å²) in [4.78, 5) is 14.9. The van der Waals surface area contributed by atoms with Crippen LogP contribution < -0.4 is 5.32 Å². The van der Waals surface area contributed by atoms with E-state index in [-0.39, 0.29) is 5.69 Å². The molecule has 0 aliphatic carbocycles. The Morgan fingerprint density at radius 2 is 2.04 bits per heavy atom. The topological polar surface area (TPSA) is 105 Å². The zero-order chi connectivity index (χ0) is 18.1. The summed E-state index contributed by atoms with van der Waals surface area (Å²) in [5.74, 6) is 1.25. The molecule has 0 aliphatic heterocycles. The van der Waals surface area contributed by atoms with Crippen molar-refractivity contribution in [3.8, 4) is 6.07 Å². The molecule has 2 heterocycles. The van der Waals surface area contributed by atoms with Crippen LogP contribution in [0.4, 0.5) is 11.5 Å². The number of non-ortho nitro benzene ring substituents is 1. The Labute approximate surface area is 147 Å². The standard InChI is InChI=1S/C19H12N4O3/c20-10-13-8-19(22-17-6-5-14(23(24)25)9-16(13)17)21-11-15-7-12-3-1-2-4-18(12)26-15/h1-9H,11H2,(H,21,22). The Morgan fingerprint density at radius 1 is 1.19 bits per heavy atom. The Morgan fingerprint density at radius 3 is 2.81 bits per heavy atom. The minimum atomic E-state index is -0.492. The van der Waals surface area contributed by atoms with Crippen molar-refractivity contribution in [2.24, 2.45) is 0 Å². The number of pyridine rings is 1. The van der Waals surface area contributed by atoms with Crippen molar-refractivity contribution >= 4 is 33.4 Å². The van der Waals surface area contributed by atoms with Gasteiger partial charge in [-0.2, -0.15) is 5.26 Å². The Hall–Kier alpha value is -3.92. The van der Waals surface area contributed by atoms with E-state index < -0.39 is 4.92 Å². The van der Waals surface area contributed by atoms with Crippen molar-refractivity contribution in [1.29, 1.82) is 5.26 Å².